The Bertz CT molecular complexity index is 599. The van der Waals surface area contributed by atoms with Gasteiger partial charge in [0, 0.05) is 10.4 Å². The lowest BCUT2D eigenvalue weighted by atomic mass is 10.0. The number of para-hydroxylation sites is 1. The van der Waals surface area contributed by atoms with E-state index in [2.05, 4.69) is 24.4 Å². The van der Waals surface area contributed by atoms with Gasteiger partial charge >= 0.3 is 0 Å². The summed E-state index contributed by atoms with van der Waals surface area (Å²) in [6.45, 7) is 4.15. The molecular weight excluding hydrogens is 294 g/mol. The first kappa shape index (κ1) is 13.7. The van der Waals surface area contributed by atoms with E-state index in [0.717, 1.165) is 27.9 Å². The van der Waals surface area contributed by atoms with Crippen molar-refractivity contribution in [3.05, 3.63) is 45.1 Å². The number of benzene rings is 1. The van der Waals surface area contributed by atoms with Gasteiger partial charge in [-0.05, 0) is 24.7 Å². The first-order valence-electron chi connectivity index (χ1n) is 6.66. The van der Waals surface area contributed by atoms with Crippen molar-refractivity contribution in [1.82, 2.24) is 5.32 Å². The van der Waals surface area contributed by atoms with Crippen LogP contribution in [0.15, 0.2) is 30.3 Å². The number of hydrogen-bond acceptors (Lipinski definition) is 4. The van der Waals surface area contributed by atoms with Crippen molar-refractivity contribution in [2.45, 2.75) is 13.0 Å². The van der Waals surface area contributed by atoms with Gasteiger partial charge in [0.05, 0.1) is 10.4 Å². The van der Waals surface area contributed by atoms with Crippen LogP contribution >= 0.6 is 22.9 Å². The quantitative estimate of drug-likeness (QED) is 0.930. The molecule has 1 unspecified atom stereocenters. The summed E-state index contributed by atoms with van der Waals surface area (Å²) in [5.41, 5.74) is 1.10. The van der Waals surface area contributed by atoms with Crippen LogP contribution < -0.4 is 14.8 Å². The number of fused-ring (bicyclic) bond motifs is 1. The SMILES string of the molecule is CCNC(c1ccc(Cl)s1)c1cccc2c1OCCO2. The third-order valence-corrected chi connectivity index (χ3v) is 4.49. The van der Waals surface area contributed by atoms with Gasteiger partial charge in [-0.3, -0.25) is 0 Å². The molecule has 1 N–H and O–H groups in total. The molecule has 1 aromatic heterocycles. The van der Waals surface area contributed by atoms with E-state index >= 15 is 0 Å². The van der Waals surface area contributed by atoms with Gasteiger partial charge in [0.15, 0.2) is 11.5 Å². The maximum atomic E-state index is 6.07. The number of hydrogen-bond donors (Lipinski definition) is 1. The summed E-state index contributed by atoms with van der Waals surface area (Å²) in [5.74, 6) is 1.66. The van der Waals surface area contributed by atoms with E-state index in [4.69, 9.17) is 21.1 Å². The molecule has 0 aliphatic carbocycles. The van der Waals surface area contributed by atoms with Gasteiger partial charge in [-0.25, -0.2) is 0 Å². The van der Waals surface area contributed by atoms with Crippen molar-refractivity contribution in [3.63, 3.8) is 0 Å². The lowest BCUT2D eigenvalue weighted by Crippen LogP contribution is -2.24. The van der Waals surface area contributed by atoms with E-state index in [0.29, 0.717) is 13.2 Å². The first-order chi connectivity index (χ1) is 9.79. The molecule has 106 valence electrons. The lowest BCUT2D eigenvalue weighted by molar-refractivity contribution is 0.169. The van der Waals surface area contributed by atoms with Crippen LogP contribution in [0.1, 0.15) is 23.4 Å². The summed E-state index contributed by atoms with van der Waals surface area (Å²) in [5, 5.41) is 3.49. The van der Waals surface area contributed by atoms with Crippen molar-refractivity contribution >= 4 is 22.9 Å². The molecule has 1 atom stereocenters. The molecule has 0 spiro atoms. The molecule has 0 radical (unpaired) electrons. The summed E-state index contributed by atoms with van der Waals surface area (Å²) in [7, 11) is 0. The Labute approximate surface area is 127 Å². The van der Waals surface area contributed by atoms with Gasteiger partial charge in [-0.15, -0.1) is 11.3 Å². The minimum Gasteiger partial charge on any atom is -0.486 e. The Kier molecular flexibility index (Phi) is 4.15. The summed E-state index contributed by atoms with van der Waals surface area (Å²) < 4.78 is 12.3. The zero-order valence-corrected chi connectivity index (χ0v) is 12.8. The Morgan fingerprint density at radius 2 is 2.10 bits per heavy atom. The topological polar surface area (TPSA) is 30.5 Å². The molecule has 2 aromatic rings. The highest BCUT2D eigenvalue weighted by Crippen LogP contribution is 2.41. The molecule has 0 bridgehead atoms. The van der Waals surface area contributed by atoms with E-state index in [-0.39, 0.29) is 6.04 Å². The molecule has 1 aromatic carbocycles. The van der Waals surface area contributed by atoms with Crippen LogP contribution in [0.5, 0.6) is 11.5 Å². The maximum Gasteiger partial charge on any atom is 0.166 e. The van der Waals surface area contributed by atoms with E-state index in [9.17, 15) is 0 Å². The van der Waals surface area contributed by atoms with E-state index in [1.807, 2.05) is 18.2 Å². The molecule has 0 amide bonds. The Balaban J connectivity index is 2.03. The first-order valence-corrected chi connectivity index (χ1v) is 7.86. The summed E-state index contributed by atoms with van der Waals surface area (Å²) in [6, 6.07) is 10.1. The van der Waals surface area contributed by atoms with Crippen molar-refractivity contribution in [1.29, 1.82) is 0 Å². The van der Waals surface area contributed by atoms with Crippen molar-refractivity contribution in [2.75, 3.05) is 19.8 Å². The van der Waals surface area contributed by atoms with Gasteiger partial charge in [-0.2, -0.15) is 0 Å². The highest BCUT2D eigenvalue weighted by Gasteiger charge is 2.23. The molecule has 0 saturated carbocycles. The van der Waals surface area contributed by atoms with E-state index < -0.39 is 0 Å². The smallest absolute Gasteiger partial charge is 0.166 e. The van der Waals surface area contributed by atoms with Crippen LogP contribution in [-0.4, -0.2) is 19.8 Å². The van der Waals surface area contributed by atoms with Gasteiger partial charge in [0.1, 0.15) is 13.2 Å². The molecule has 0 saturated heterocycles. The molecule has 20 heavy (non-hydrogen) atoms. The molecule has 3 rings (SSSR count). The monoisotopic (exact) mass is 309 g/mol. The normalized spacial score (nSPS) is 15.1. The molecule has 5 heteroatoms. The number of halogens is 1. The third-order valence-electron chi connectivity index (χ3n) is 3.19. The van der Waals surface area contributed by atoms with Crippen LogP contribution in [0.4, 0.5) is 0 Å². The van der Waals surface area contributed by atoms with Gasteiger partial charge in [0.2, 0.25) is 0 Å². The summed E-state index contributed by atoms with van der Waals surface area (Å²) in [4.78, 5) is 1.18. The maximum absolute atomic E-state index is 6.07. The average Bonchev–Trinajstić information content (AvgIpc) is 2.91. The molecular formula is C15H16ClNO2S. The third kappa shape index (κ3) is 2.64. The Morgan fingerprint density at radius 1 is 1.25 bits per heavy atom. The predicted molar refractivity (Wildman–Crippen MR) is 82.3 cm³/mol. The lowest BCUT2D eigenvalue weighted by Gasteiger charge is -2.25. The fourth-order valence-corrected chi connectivity index (χ4v) is 3.53. The van der Waals surface area contributed by atoms with Crippen molar-refractivity contribution < 1.29 is 9.47 Å². The fourth-order valence-electron chi connectivity index (χ4n) is 2.37. The molecule has 1 aliphatic rings. The highest BCUT2D eigenvalue weighted by atomic mass is 35.5. The van der Waals surface area contributed by atoms with Crippen LogP contribution in [0.3, 0.4) is 0 Å². The number of thiophene rings is 1. The molecule has 0 fully saturated rings. The average molecular weight is 310 g/mol. The van der Waals surface area contributed by atoms with Crippen LogP contribution in [0, 0.1) is 0 Å². The zero-order chi connectivity index (χ0) is 13.9. The largest absolute Gasteiger partial charge is 0.486 e. The molecule has 1 aliphatic heterocycles. The Morgan fingerprint density at radius 3 is 2.85 bits per heavy atom. The second-order valence-electron chi connectivity index (χ2n) is 4.50. The zero-order valence-electron chi connectivity index (χ0n) is 11.2. The second-order valence-corrected chi connectivity index (χ2v) is 6.25. The Hall–Kier alpha value is -1.23. The van der Waals surface area contributed by atoms with Gasteiger partial charge in [-0.1, -0.05) is 30.7 Å². The summed E-state index contributed by atoms with van der Waals surface area (Å²) in [6.07, 6.45) is 0. The molecule has 2 heterocycles. The van der Waals surface area contributed by atoms with Crippen molar-refractivity contribution in [3.8, 4) is 11.5 Å². The number of nitrogens with one attached hydrogen (secondary N) is 1. The molecule has 3 nitrogen and oxygen atoms in total. The fraction of sp³-hybridized carbons (Fsp3) is 0.333. The number of rotatable bonds is 4. The van der Waals surface area contributed by atoms with E-state index in [1.54, 1.807) is 11.3 Å². The van der Waals surface area contributed by atoms with E-state index in [1.165, 1.54) is 4.88 Å². The van der Waals surface area contributed by atoms with Gasteiger partial charge in [0.25, 0.3) is 0 Å². The second kappa shape index (κ2) is 6.04. The highest BCUT2D eigenvalue weighted by molar-refractivity contribution is 7.16. The number of ether oxygens (including phenoxy) is 2. The standard InChI is InChI=1S/C15H16ClNO2S/c1-2-17-14(12-6-7-13(16)20-12)10-4-3-5-11-15(10)19-9-8-18-11/h3-7,14,17H,2,8-9H2,1H3. The van der Waals surface area contributed by atoms with Gasteiger partial charge < -0.3 is 14.8 Å². The minimum atomic E-state index is 0.0779. The van der Waals surface area contributed by atoms with Crippen LogP contribution in [-0.2, 0) is 0 Å². The van der Waals surface area contributed by atoms with Crippen LogP contribution in [0.25, 0.3) is 0 Å². The van der Waals surface area contributed by atoms with Crippen LogP contribution in [0.2, 0.25) is 4.34 Å². The van der Waals surface area contributed by atoms with Crippen molar-refractivity contribution in [2.24, 2.45) is 0 Å². The predicted octanol–water partition coefficient (Wildman–Crippen LogP) is 3.87. The minimum absolute atomic E-state index is 0.0779. The summed E-state index contributed by atoms with van der Waals surface area (Å²) >= 11 is 7.66.